The Balaban J connectivity index is 1.71. The van der Waals surface area contributed by atoms with E-state index in [9.17, 15) is 4.79 Å². The van der Waals surface area contributed by atoms with Crippen molar-refractivity contribution in [1.29, 1.82) is 0 Å². The minimum Gasteiger partial charge on any atom is -0.379 e. The molecule has 0 saturated carbocycles. The van der Waals surface area contributed by atoms with Crippen LogP contribution in [-0.2, 0) is 11.2 Å². The first-order valence-corrected chi connectivity index (χ1v) is 8.20. The minimum absolute atomic E-state index is 0.0224. The van der Waals surface area contributed by atoms with Crippen LogP contribution in [0.2, 0.25) is 0 Å². The van der Waals surface area contributed by atoms with Gasteiger partial charge in [-0.2, -0.15) is 0 Å². The zero-order valence-electron chi connectivity index (χ0n) is 14.1. The summed E-state index contributed by atoms with van der Waals surface area (Å²) in [5.41, 5.74) is 2.60. The van der Waals surface area contributed by atoms with Crippen LogP contribution in [0.5, 0.6) is 0 Å². The smallest absolute Gasteiger partial charge is 0.254 e. The van der Waals surface area contributed by atoms with Crippen LogP contribution >= 0.6 is 0 Å². The van der Waals surface area contributed by atoms with E-state index in [1.54, 1.807) is 24.5 Å². The van der Waals surface area contributed by atoms with Crippen molar-refractivity contribution in [1.82, 2.24) is 19.9 Å². The average Bonchev–Trinajstić information content (AvgIpc) is 2.79. The van der Waals surface area contributed by atoms with Crippen molar-refractivity contribution < 1.29 is 9.53 Å². The molecular weight excluding hydrogens is 304 g/mol. The molecule has 1 saturated heterocycles. The standard InChI is InChI=1S/C18H22N4O2/c1-13-9-14(2)21-17(20-13)10-15-11-22(7-8-24-12-15)18(23)16-3-5-19-6-4-16/h3-6,9,15H,7-8,10-12H2,1-2H3/t15-/m0/s1. The Kier molecular flexibility index (Phi) is 5.15. The first kappa shape index (κ1) is 16.5. The van der Waals surface area contributed by atoms with Gasteiger partial charge in [0.05, 0.1) is 13.2 Å². The third-order valence-electron chi connectivity index (χ3n) is 4.05. The number of hydrogen-bond donors (Lipinski definition) is 0. The van der Waals surface area contributed by atoms with Gasteiger partial charge in [-0.25, -0.2) is 9.97 Å². The van der Waals surface area contributed by atoms with Crippen LogP contribution in [0.3, 0.4) is 0 Å². The van der Waals surface area contributed by atoms with Gasteiger partial charge < -0.3 is 9.64 Å². The normalized spacial score (nSPS) is 18.2. The van der Waals surface area contributed by atoms with E-state index in [1.165, 1.54) is 0 Å². The van der Waals surface area contributed by atoms with Crippen molar-refractivity contribution in [3.05, 3.63) is 53.4 Å². The second-order valence-corrected chi connectivity index (χ2v) is 6.20. The predicted molar refractivity (Wildman–Crippen MR) is 89.7 cm³/mol. The number of carbonyl (C=O) groups is 1. The second-order valence-electron chi connectivity index (χ2n) is 6.20. The highest BCUT2D eigenvalue weighted by Crippen LogP contribution is 2.15. The van der Waals surface area contributed by atoms with E-state index in [0.717, 1.165) is 17.2 Å². The number of nitrogens with zero attached hydrogens (tertiary/aromatic N) is 4. The van der Waals surface area contributed by atoms with Gasteiger partial charge in [-0.3, -0.25) is 9.78 Å². The van der Waals surface area contributed by atoms with Gasteiger partial charge in [0.15, 0.2) is 0 Å². The molecule has 2 aromatic rings. The molecule has 0 radical (unpaired) electrons. The monoisotopic (exact) mass is 326 g/mol. The molecule has 24 heavy (non-hydrogen) atoms. The molecule has 0 unspecified atom stereocenters. The van der Waals surface area contributed by atoms with Crippen LogP contribution in [0.15, 0.2) is 30.6 Å². The van der Waals surface area contributed by atoms with E-state index in [2.05, 4.69) is 15.0 Å². The average molecular weight is 326 g/mol. The Morgan fingerprint density at radius 2 is 1.96 bits per heavy atom. The fourth-order valence-corrected chi connectivity index (χ4v) is 3.01. The van der Waals surface area contributed by atoms with Gasteiger partial charge in [0.1, 0.15) is 5.82 Å². The topological polar surface area (TPSA) is 68.2 Å². The fourth-order valence-electron chi connectivity index (χ4n) is 3.01. The number of rotatable bonds is 3. The van der Waals surface area contributed by atoms with E-state index in [-0.39, 0.29) is 11.8 Å². The van der Waals surface area contributed by atoms with Crippen molar-refractivity contribution in [2.75, 3.05) is 26.3 Å². The second kappa shape index (κ2) is 7.49. The molecule has 1 amide bonds. The molecule has 1 fully saturated rings. The first-order valence-electron chi connectivity index (χ1n) is 8.20. The van der Waals surface area contributed by atoms with Gasteiger partial charge in [-0.1, -0.05) is 0 Å². The van der Waals surface area contributed by atoms with Gasteiger partial charge in [-0.05, 0) is 32.0 Å². The lowest BCUT2D eigenvalue weighted by Crippen LogP contribution is -2.36. The van der Waals surface area contributed by atoms with Crippen molar-refractivity contribution in [3.63, 3.8) is 0 Å². The lowest BCUT2D eigenvalue weighted by Gasteiger charge is -2.23. The van der Waals surface area contributed by atoms with Crippen LogP contribution < -0.4 is 0 Å². The van der Waals surface area contributed by atoms with E-state index in [1.807, 2.05) is 24.8 Å². The van der Waals surface area contributed by atoms with Crippen LogP contribution in [-0.4, -0.2) is 52.1 Å². The third kappa shape index (κ3) is 4.14. The van der Waals surface area contributed by atoms with Crippen LogP contribution in [0.4, 0.5) is 0 Å². The molecule has 3 rings (SSSR count). The summed E-state index contributed by atoms with van der Waals surface area (Å²) in [5.74, 6) is 1.04. The number of pyridine rings is 1. The zero-order chi connectivity index (χ0) is 16.9. The molecule has 6 nitrogen and oxygen atoms in total. The molecule has 0 spiro atoms. The van der Waals surface area contributed by atoms with E-state index in [4.69, 9.17) is 4.74 Å². The fraction of sp³-hybridized carbons (Fsp3) is 0.444. The summed E-state index contributed by atoms with van der Waals surface area (Å²) in [5, 5.41) is 0. The minimum atomic E-state index is 0.0224. The van der Waals surface area contributed by atoms with Gasteiger partial charge in [0, 0.05) is 54.8 Å². The highest BCUT2D eigenvalue weighted by atomic mass is 16.5. The van der Waals surface area contributed by atoms with Crippen LogP contribution in [0.25, 0.3) is 0 Å². The predicted octanol–water partition coefficient (Wildman–Crippen LogP) is 1.82. The Bertz CT molecular complexity index is 685. The Labute approximate surface area is 141 Å². The molecule has 3 heterocycles. The maximum Gasteiger partial charge on any atom is 0.254 e. The molecule has 6 heteroatoms. The largest absolute Gasteiger partial charge is 0.379 e. The lowest BCUT2D eigenvalue weighted by atomic mass is 10.0. The summed E-state index contributed by atoms with van der Waals surface area (Å²) in [4.78, 5) is 27.5. The van der Waals surface area contributed by atoms with E-state index < -0.39 is 0 Å². The zero-order valence-corrected chi connectivity index (χ0v) is 14.1. The molecule has 1 aliphatic rings. The maximum atomic E-state index is 12.7. The summed E-state index contributed by atoms with van der Waals surface area (Å²) in [6.07, 6.45) is 3.99. The molecule has 0 aromatic carbocycles. The molecule has 2 aromatic heterocycles. The molecule has 1 aliphatic heterocycles. The number of hydrogen-bond acceptors (Lipinski definition) is 5. The SMILES string of the molecule is Cc1cc(C)nc(C[C@@H]2COCCN(C(=O)c3ccncc3)C2)n1. The summed E-state index contributed by atoms with van der Waals surface area (Å²) in [7, 11) is 0. The van der Waals surface area contributed by atoms with E-state index in [0.29, 0.717) is 38.3 Å². The molecule has 1 atom stereocenters. The molecule has 0 N–H and O–H groups in total. The molecule has 0 aliphatic carbocycles. The number of aryl methyl sites for hydroxylation is 2. The lowest BCUT2D eigenvalue weighted by molar-refractivity contribution is 0.0737. The summed E-state index contributed by atoms with van der Waals surface area (Å²) in [6.45, 7) is 6.38. The number of aromatic nitrogens is 3. The summed E-state index contributed by atoms with van der Waals surface area (Å²) >= 11 is 0. The molecule has 126 valence electrons. The molecular formula is C18H22N4O2. The number of carbonyl (C=O) groups excluding carboxylic acids is 1. The van der Waals surface area contributed by atoms with Gasteiger partial charge >= 0.3 is 0 Å². The third-order valence-corrected chi connectivity index (χ3v) is 4.05. The first-order chi connectivity index (χ1) is 11.6. The van der Waals surface area contributed by atoms with Crippen molar-refractivity contribution in [2.45, 2.75) is 20.3 Å². The van der Waals surface area contributed by atoms with Crippen LogP contribution in [0.1, 0.15) is 27.6 Å². The van der Waals surface area contributed by atoms with Gasteiger partial charge in [-0.15, -0.1) is 0 Å². The maximum absolute atomic E-state index is 12.7. The summed E-state index contributed by atoms with van der Waals surface area (Å²) in [6, 6.07) is 5.46. The van der Waals surface area contributed by atoms with Gasteiger partial charge in [0.2, 0.25) is 0 Å². The molecule has 0 bridgehead atoms. The Hall–Kier alpha value is -2.34. The van der Waals surface area contributed by atoms with Crippen LogP contribution in [0, 0.1) is 19.8 Å². The number of ether oxygens (including phenoxy) is 1. The van der Waals surface area contributed by atoms with Gasteiger partial charge in [0.25, 0.3) is 5.91 Å². The van der Waals surface area contributed by atoms with Crippen molar-refractivity contribution in [2.24, 2.45) is 5.92 Å². The highest BCUT2D eigenvalue weighted by molar-refractivity contribution is 5.94. The van der Waals surface area contributed by atoms with E-state index >= 15 is 0 Å². The summed E-state index contributed by atoms with van der Waals surface area (Å²) < 4.78 is 5.69. The Morgan fingerprint density at radius 3 is 2.67 bits per heavy atom. The number of amides is 1. The quantitative estimate of drug-likeness (QED) is 0.860. The van der Waals surface area contributed by atoms with Crippen molar-refractivity contribution in [3.8, 4) is 0 Å². The Morgan fingerprint density at radius 1 is 1.25 bits per heavy atom. The highest BCUT2D eigenvalue weighted by Gasteiger charge is 2.24. The van der Waals surface area contributed by atoms with Crippen molar-refractivity contribution >= 4 is 5.91 Å².